The zero-order valence-electron chi connectivity index (χ0n) is 11.1. The lowest BCUT2D eigenvalue weighted by atomic mass is 10.1. The summed E-state index contributed by atoms with van der Waals surface area (Å²) in [6, 6.07) is 13.8. The molecule has 0 aliphatic rings. The van der Waals surface area contributed by atoms with Gasteiger partial charge in [-0.3, -0.25) is 4.79 Å². The number of hydrogen-bond acceptors (Lipinski definition) is 2. The van der Waals surface area contributed by atoms with Crippen LogP contribution in [0.5, 0.6) is 0 Å². The van der Waals surface area contributed by atoms with E-state index >= 15 is 0 Å². The number of aryl methyl sites for hydroxylation is 1. The molecule has 4 heteroatoms. The topological polar surface area (TPSA) is 66.4 Å². The van der Waals surface area contributed by atoms with Gasteiger partial charge in [-0.2, -0.15) is 0 Å². The molecule has 2 aromatic carbocycles. The number of hydrogen-bond donors (Lipinski definition) is 2. The minimum Gasteiger partial charge on any atom is -0.478 e. The first-order valence-corrected chi connectivity index (χ1v) is 6.24. The Morgan fingerprint density at radius 3 is 2.30 bits per heavy atom. The molecule has 0 atom stereocenters. The van der Waals surface area contributed by atoms with Gasteiger partial charge < -0.3 is 10.4 Å². The Kier molecular flexibility index (Phi) is 4.15. The van der Waals surface area contributed by atoms with E-state index < -0.39 is 5.97 Å². The van der Waals surface area contributed by atoms with Gasteiger partial charge in [0.1, 0.15) is 0 Å². The lowest BCUT2D eigenvalue weighted by Crippen LogP contribution is -2.23. The van der Waals surface area contributed by atoms with Gasteiger partial charge in [0.05, 0.1) is 5.56 Å². The van der Waals surface area contributed by atoms with Crippen molar-refractivity contribution in [3.8, 4) is 0 Å². The van der Waals surface area contributed by atoms with Crippen molar-refractivity contribution in [1.29, 1.82) is 0 Å². The van der Waals surface area contributed by atoms with Gasteiger partial charge in [0.2, 0.25) is 0 Å². The fourth-order valence-corrected chi connectivity index (χ4v) is 1.87. The maximum absolute atomic E-state index is 12.0. The van der Waals surface area contributed by atoms with Crippen molar-refractivity contribution in [2.45, 2.75) is 13.5 Å². The van der Waals surface area contributed by atoms with Gasteiger partial charge in [-0.15, -0.1) is 0 Å². The molecule has 0 heterocycles. The summed E-state index contributed by atoms with van der Waals surface area (Å²) in [6.07, 6.45) is 0. The second kappa shape index (κ2) is 6.02. The molecule has 2 rings (SSSR count). The second-order valence-corrected chi connectivity index (χ2v) is 4.50. The average Bonchev–Trinajstić information content (AvgIpc) is 2.45. The number of carboxylic acid groups (broad SMARTS) is 1. The molecule has 0 aromatic heterocycles. The van der Waals surface area contributed by atoms with Gasteiger partial charge in [-0.25, -0.2) is 4.79 Å². The van der Waals surface area contributed by atoms with E-state index in [-0.39, 0.29) is 11.5 Å². The first-order valence-electron chi connectivity index (χ1n) is 6.24. The molecule has 0 unspecified atom stereocenters. The molecule has 2 N–H and O–H groups in total. The summed E-state index contributed by atoms with van der Waals surface area (Å²) < 4.78 is 0. The van der Waals surface area contributed by atoms with E-state index in [2.05, 4.69) is 5.32 Å². The predicted molar refractivity (Wildman–Crippen MR) is 75.8 cm³/mol. The maximum Gasteiger partial charge on any atom is 0.335 e. The van der Waals surface area contributed by atoms with Crippen LogP contribution in [0, 0.1) is 6.92 Å². The molecule has 0 saturated carbocycles. The van der Waals surface area contributed by atoms with Crippen molar-refractivity contribution >= 4 is 11.9 Å². The van der Waals surface area contributed by atoms with Crippen LogP contribution in [0.15, 0.2) is 48.5 Å². The van der Waals surface area contributed by atoms with Crippen LogP contribution in [0.3, 0.4) is 0 Å². The molecule has 0 saturated heterocycles. The SMILES string of the molecule is Cc1ccccc1C(=O)NCc1ccc(C(=O)O)cc1. The van der Waals surface area contributed by atoms with Crippen LogP contribution in [-0.2, 0) is 6.54 Å². The molecule has 0 aliphatic heterocycles. The molecule has 0 bridgehead atoms. The maximum atomic E-state index is 12.0. The molecule has 0 radical (unpaired) electrons. The van der Waals surface area contributed by atoms with E-state index in [0.29, 0.717) is 12.1 Å². The summed E-state index contributed by atoms with van der Waals surface area (Å²) in [6.45, 7) is 2.25. The number of nitrogens with one attached hydrogen (secondary N) is 1. The number of carboxylic acids is 1. The normalized spacial score (nSPS) is 10.1. The molecule has 0 aliphatic carbocycles. The molecule has 2 aromatic rings. The molecule has 0 spiro atoms. The summed E-state index contributed by atoms with van der Waals surface area (Å²) >= 11 is 0. The summed E-state index contributed by atoms with van der Waals surface area (Å²) in [5, 5.41) is 11.6. The Morgan fingerprint density at radius 2 is 1.70 bits per heavy atom. The van der Waals surface area contributed by atoms with Gasteiger partial charge >= 0.3 is 5.97 Å². The summed E-state index contributed by atoms with van der Waals surface area (Å²) in [5.74, 6) is -1.09. The Balaban J connectivity index is 2.00. The van der Waals surface area contributed by atoms with Crippen molar-refractivity contribution in [2.24, 2.45) is 0 Å². The zero-order chi connectivity index (χ0) is 14.5. The van der Waals surface area contributed by atoms with Crippen LogP contribution in [0.4, 0.5) is 0 Å². The van der Waals surface area contributed by atoms with E-state index in [4.69, 9.17) is 5.11 Å². The van der Waals surface area contributed by atoms with Crippen LogP contribution < -0.4 is 5.32 Å². The number of benzene rings is 2. The van der Waals surface area contributed by atoms with E-state index in [1.807, 2.05) is 25.1 Å². The van der Waals surface area contributed by atoms with E-state index in [1.54, 1.807) is 18.2 Å². The molecule has 0 fully saturated rings. The monoisotopic (exact) mass is 269 g/mol. The average molecular weight is 269 g/mol. The molecule has 102 valence electrons. The summed E-state index contributed by atoms with van der Waals surface area (Å²) in [5.41, 5.74) is 2.66. The number of carbonyl (C=O) groups is 2. The van der Waals surface area contributed by atoms with Crippen molar-refractivity contribution in [3.05, 3.63) is 70.8 Å². The van der Waals surface area contributed by atoms with Gasteiger partial charge in [0.15, 0.2) is 0 Å². The Morgan fingerprint density at radius 1 is 1.05 bits per heavy atom. The standard InChI is InChI=1S/C16H15NO3/c1-11-4-2-3-5-14(11)15(18)17-10-12-6-8-13(9-7-12)16(19)20/h2-9H,10H2,1H3,(H,17,18)(H,19,20). The van der Waals surface area contributed by atoms with Gasteiger partial charge in [0.25, 0.3) is 5.91 Å². The first kappa shape index (κ1) is 13.8. The first-order chi connectivity index (χ1) is 9.58. The minimum atomic E-state index is -0.958. The lowest BCUT2D eigenvalue weighted by Gasteiger charge is -2.07. The minimum absolute atomic E-state index is 0.134. The smallest absolute Gasteiger partial charge is 0.335 e. The fraction of sp³-hybridized carbons (Fsp3) is 0.125. The highest BCUT2D eigenvalue weighted by Crippen LogP contribution is 2.08. The third-order valence-electron chi connectivity index (χ3n) is 3.04. The van der Waals surface area contributed by atoms with Gasteiger partial charge in [-0.05, 0) is 36.2 Å². The van der Waals surface area contributed by atoms with Crippen LogP contribution in [0.1, 0.15) is 31.8 Å². The van der Waals surface area contributed by atoms with Crippen molar-refractivity contribution in [3.63, 3.8) is 0 Å². The third kappa shape index (κ3) is 3.23. The van der Waals surface area contributed by atoms with E-state index in [0.717, 1.165) is 11.1 Å². The number of amides is 1. The molecule has 20 heavy (non-hydrogen) atoms. The van der Waals surface area contributed by atoms with Gasteiger partial charge in [0, 0.05) is 12.1 Å². The summed E-state index contributed by atoms with van der Waals surface area (Å²) in [4.78, 5) is 22.7. The van der Waals surface area contributed by atoms with Crippen molar-refractivity contribution < 1.29 is 14.7 Å². The molecular formula is C16H15NO3. The van der Waals surface area contributed by atoms with Crippen LogP contribution in [-0.4, -0.2) is 17.0 Å². The van der Waals surface area contributed by atoms with Crippen molar-refractivity contribution in [2.75, 3.05) is 0 Å². The second-order valence-electron chi connectivity index (χ2n) is 4.50. The van der Waals surface area contributed by atoms with Crippen molar-refractivity contribution in [1.82, 2.24) is 5.32 Å². The number of aromatic carboxylic acids is 1. The Labute approximate surface area is 117 Å². The molecular weight excluding hydrogens is 254 g/mol. The van der Waals surface area contributed by atoms with Crippen LogP contribution in [0.2, 0.25) is 0 Å². The fourth-order valence-electron chi connectivity index (χ4n) is 1.87. The zero-order valence-corrected chi connectivity index (χ0v) is 11.1. The Bertz CT molecular complexity index is 632. The highest BCUT2D eigenvalue weighted by atomic mass is 16.4. The Hall–Kier alpha value is -2.62. The predicted octanol–water partition coefficient (Wildman–Crippen LogP) is 2.62. The number of rotatable bonds is 4. The third-order valence-corrected chi connectivity index (χ3v) is 3.04. The molecule has 1 amide bonds. The highest BCUT2D eigenvalue weighted by molar-refractivity contribution is 5.95. The molecule has 4 nitrogen and oxygen atoms in total. The van der Waals surface area contributed by atoms with E-state index in [9.17, 15) is 9.59 Å². The van der Waals surface area contributed by atoms with Crippen LogP contribution >= 0.6 is 0 Å². The van der Waals surface area contributed by atoms with Gasteiger partial charge in [-0.1, -0.05) is 30.3 Å². The highest BCUT2D eigenvalue weighted by Gasteiger charge is 2.08. The lowest BCUT2D eigenvalue weighted by molar-refractivity contribution is 0.0696. The van der Waals surface area contributed by atoms with E-state index in [1.165, 1.54) is 12.1 Å². The van der Waals surface area contributed by atoms with Crippen LogP contribution in [0.25, 0.3) is 0 Å². The summed E-state index contributed by atoms with van der Waals surface area (Å²) in [7, 11) is 0. The largest absolute Gasteiger partial charge is 0.478 e. The number of carbonyl (C=O) groups excluding carboxylic acids is 1. The quantitative estimate of drug-likeness (QED) is 0.896.